The van der Waals surface area contributed by atoms with E-state index in [0.29, 0.717) is 13.0 Å². The van der Waals surface area contributed by atoms with Crippen LogP contribution in [-0.2, 0) is 10.2 Å². The van der Waals surface area contributed by atoms with Crippen LogP contribution in [0.15, 0.2) is 0 Å². The molecule has 1 atom stereocenters. The van der Waals surface area contributed by atoms with Crippen molar-refractivity contribution in [2.75, 3.05) is 27.2 Å². The summed E-state index contributed by atoms with van der Waals surface area (Å²) in [5, 5.41) is 8.75. The van der Waals surface area contributed by atoms with Crippen molar-refractivity contribution in [1.29, 1.82) is 0 Å². The maximum Gasteiger partial charge on any atom is 0.281 e. The fourth-order valence-corrected chi connectivity index (χ4v) is 3.30. The van der Waals surface area contributed by atoms with Gasteiger partial charge >= 0.3 is 0 Å². The van der Waals surface area contributed by atoms with Gasteiger partial charge in [0.1, 0.15) is 0 Å². The molecule has 6 heteroatoms. The zero-order valence-corrected chi connectivity index (χ0v) is 10.2. The number of aliphatic hydroxyl groups is 1. The SMILES string of the molecule is CN(C)S(=O)(=O)N1CCCC1CCCO. The molecule has 90 valence electrons. The molecule has 0 bridgehead atoms. The van der Waals surface area contributed by atoms with E-state index in [0.717, 1.165) is 19.3 Å². The van der Waals surface area contributed by atoms with E-state index in [1.165, 1.54) is 4.31 Å². The molecule has 1 unspecified atom stereocenters. The molecule has 0 aromatic rings. The van der Waals surface area contributed by atoms with Crippen LogP contribution >= 0.6 is 0 Å². The van der Waals surface area contributed by atoms with Crippen molar-refractivity contribution in [1.82, 2.24) is 8.61 Å². The summed E-state index contributed by atoms with van der Waals surface area (Å²) in [6.07, 6.45) is 3.25. The van der Waals surface area contributed by atoms with Gasteiger partial charge in [-0.15, -0.1) is 0 Å². The molecule has 1 aliphatic rings. The van der Waals surface area contributed by atoms with Crippen molar-refractivity contribution in [3.8, 4) is 0 Å². The van der Waals surface area contributed by atoms with Crippen LogP contribution < -0.4 is 0 Å². The molecule has 1 rings (SSSR count). The van der Waals surface area contributed by atoms with Crippen molar-refractivity contribution >= 4 is 10.2 Å². The maximum atomic E-state index is 11.9. The van der Waals surface area contributed by atoms with Crippen LogP contribution in [0.5, 0.6) is 0 Å². The third-order valence-corrected chi connectivity index (χ3v) is 4.77. The topological polar surface area (TPSA) is 60.9 Å². The Morgan fingerprint density at radius 2 is 2.13 bits per heavy atom. The van der Waals surface area contributed by atoms with E-state index in [9.17, 15) is 8.42 Å². The number of aliphatic hydroxyl groups excluding tert-OH is 1. The van der Waals surface area contributed by atoms with Gasteiger partial charge in [0.25, 0.3) is 10.2 Å². The standard InChI is InChI=1S/C9H20N2O3S/c1-10(2)15(13,14)11-7-3-5-9(11)6-4-8-12/h9,12H,3-8H2,1-2H3. The van der Waals surface area contributed by atoms with Gasteiger partial charge in [0.2, 0.25) is 0 Å². The fourth-order valence-electron chi connectivity index (χ4n) is 1.94. The summed E-state index contributed by atoms with van der Waals surface area (Å²) in [6, 6.07) is 0.0737. The van der Waals surface area contributed by atoms with Crippen LogP contribution in [0.25, 0.3) is 0 Å². The summed E-state index contributed by atoms with van der Waals surface area (Å²) >= 11 is 0. The van der Waals surface area contributed by atoms with Crippen molar-refractivity contribution < 1.29 is 13.5 Å². The Morgan fingerprint density at radius 1 is 1.47 bits per heavy atom. The van der Waals surface area contributed by atoms with Gasteiger partial charge in [0, 0.05) is 33.3 Å². The first-order valence-electron chi connectivity index (χ1n) is 5.30. The molecule has 0 radical (unpaired) electrons. The molecule has 0 aromatic heterocycles. The Balaban J connectivity index is 2.68. The Bertz CT molecular complexity index is 290. The molecule has 0 amide bonds. The van der Waals surface area contributed by atoms with Gasteiger partial charge in [-0.05, 0) is 25.7 Å². The summed E-state index contributed by atoms with van der Waals surface area (Å²) < 4.78 is 26.6. The molecule has 0 aromatic carbocycles. The lowest BCUT2D eigenvalue weighted by Gasteiger charge is -2.26. The molecule has 1 aliphatic heterocycles. The highest BCUT2D eigenvalue weighted by Crippen LogP contribution is 2.25. The zero-order valence-electron chi connectivity index (χ0n) is 9.39. The lowest BCUT2D eigenvalue weighted by molar-refractivity contribution is 0.261. The minimum Gasteiger partial charge on any atom is -0.396 e. The van der Waals surface area contributed by atoms with E-state index < -0.39 is 10.2 Å². The van der Waals surface area contributed by atoms with Crippen LogP contribution in [0, 0.1) is 0 Å². The average Bonchev–Trinajstić information content (AvgIpc) is 2.62. The summed E-state index contributed by atoms with van der Waals surface area (Å²) in [7, 11) is -0.166. The minimum atomic E-state index is -3.27. The lowest BCUT2D eigenvalue weighted by atomic mass is 10.1. The van der Waals surface area contributed by atoms with Gasteiger partial charge in [0.05, 0.1) is 0 Å². The third kappa shape index (κ3) is 2.90. The molecular formula is C9H20N2O3S. The largest absolute Gasteiger partial charge is 0.396 e. The van der Waals surface area contributed by atoms with Crippen LogP contribution in [0.2, 0.25) is 0 Å². The molecule has 0 aliphatic carbocycles. The molecule has 0 spiro atoms. The van der Waals surface area contributed by atoms with E-state index in [2.05, 4.69) is 0 Å². The normalized spacial score (nSPS) is 23.9. The first-order valence-corrected chi connectivity index (χ1v) is 6.70. The second-order valence-electron chi connectivity index (χ2n) is 4.06. The van der Waals surface area contributed by atoms with Gasteiger partial charge in [0.15, 0.2) is 0 Å². The minimum absolute atomic E-state index is 0.0737. The van der Waals surface area contributed by atoms with E-state index in [4.69, 9.17) is 5.11 Å². The Morgan fingerprint density at radius 3 is 2.67 bits per heavy atom. The predicted molar refractivity (Wildman–Crippen MR) is 58.7 cm³/mol. The summed E-state index contributed by atoms with van der Waals surface area (Å²) in [4.78, 5) is 0. The van der Waals surface area contributed by atoms with Crippen LogP contribution in [0.4, 0.5) is 0 Å². The smallest absolute Gasteiger partial charge is 0.281 e. The zero-order chi connectivity index (χ0) is 11.5. The average molecular weight is 236 g/mol. The highest BCUT2D eigenvalue weighted by atomic mass is 32.2. The van der Waals surface area contributed by atoms with Crippen molar-refractivity contribution in [2.45, 2.75) is 31.7 Å². The predicted octanol–water partition coefficient (Wildman–Crippen LogP) is 0.0297. The van der Waals surface area contributed by atoms with Gasteiger partial charge in [-0.25, -0.2) is 0 Å². The summed E-state index contributed by atoms with van der Waals surface area (Å²) in [5.41, 5.74) is 0. The van der Waals surface area contributed by atoms with Gasteiger partial charge in [-0.2, -0.15) is 17.0 Å². The molecule has 1 saturated heterocycles. The van der Waals surface area contributed by atoms with E-state index in [-0.39, 0.29) is 12.6 Å². The van der Waals surface area contributed by atoms with Gasteiger partial charge < -0.3 is 5.11 Å². The van der Waals surface area contributed by atoms with Crippen molar-refractivity contribution in [3.05, 3.63) is 0 Å². The Kier molecular flexibility index (Phi) is 4.51. The van der Waals surface area contributed by atoms with Gasteiger partial charge in [-0.1, -0.05) is 0 Å². The van der Waals surface area contributed by atoms with Crippen molar-refractivity contribution in [2.24, 2.45) is 0 Å². The Labute approximate surface area is 91.9 Å². The van der Waals surface area contributed by atoms with Crippen LogP contribution in [0.1, 0.15) is 25.7 Å². The summed E-state index contributed by atoms with van der Waals surface area (Å²) in [6.45, 7) is 0.739. The lowest BCUT2D eigenvalue weighted by Crippen LogP contribution is -2.42. The maximum absolute atomic E-state index is 11.9. The van der Waals surface area contributed by atoms with Crippen molar-refractivity contribution in [3.63, 3.8) is 0 Å². The first-order chi connectivity index (χ1) is 7.00. The number of rotatable bonds is 5. The number of nitrogens with zero attached hydrogens (tertiary/aromatic N) is 2. The highest BCUT2D eigenvalue weighted by molar-refractivity contribution is 7.86. The second-order valence-corrected chi connectivity index (χ2v) is 6.16. The molecule has 0 saturated carbocycles. The second kappa shape index (κ2) is 5.25. The van der Waals surface area contributed by atoms with E-state index in [1.54, 1.807) is 18.4 Å². The molecule has 15 heavy (non-hydrogen) atoms. The quantitative estimate of drug-likeness (QED) is 0.732. The molecule has 5 nitrogen and oxygen atoms in total. The summed E-state index contributed by atoms with van der Waals surface area (Å²) in [5.74, 6) is 0. The highest BCUT2D eigenvalue weighted by Gasteiger charge is 2.34. The third-order valence-electron chi connectivity index (χ3n) is 2.78. The monoisotopic (exact) mass is 236 g/mol. The number of hydrogen-bond donors (Lipinski definition) is 1. The molecular weight excluding hydrogens is 216 g/mol. The Hall–Kier alpha value is -0.170. The first kappa shape index (κ1) is 12.9. The molecule has 1 fully saturated rings. The molecule has 1 N–H and O–H groups in total. The fraction of sp³-hybridized carbons (Fsp3) is 1.00. The van der Waals surface area contributed by atoms with Crippen LogP contribution in [0.3, 0.4) is 0 Å². The van der Waals surface area contributed by atoms with E-state index in [1.807, 2.05) is 0 Å². The number of hydrogen-bond acceptors (Lipinski definition) is 3. The van der Waals surface area contributed by atoms with Crippen LogP contribution in [-0.4, -0.2) is 55.4 Å². The van der Waals surface area contributed by atoms with Gasteiger partial charge in [-0.3, -0.25) is 0 Å². The van der Waals surface area contributed by atoms with E-state index >= 15 is 0 Å². The molecule has 1 heterocycles.